The lowest BCUT2D eigenvalue weighted by molar-refractivity contribution is -0.387. The molecule has 14 heavy (non-hydrogen) atoms. The topological polar surface area (TPSA) is 86.2 Å². The number of nitro groups is 1. The average molecular weight is 202 g/mol. The van der Waals surface area contributed by atoms with E-state index in [0.717, 1.165) is 0 Å². The lowest BCUT2D eigenvalue weighted by Crippen LogP contribution is -2.16. The van der Waals surface area contributed by atoms with E-state index in [1.807, 2.05) is 0 Å². The molecule has 0 fully saturated rings. The Labute approximate surface area is 76.3 Å². The number of hydrogen-bond acceptors (Lipinski definition) is 3. The first-order chi connectivity index (χ1) is 6.45. The van der Waals surface area contributed by atoms with Crippen LogP contribution in [0, 0.1) is 21.7 Å². The van der Waals surface area contributed by atoms with Crippen LogP contribution in [0.15, 0.2) is 12.1 Å². The number of benzene rings is 1. The monoisotopic (exact) mass is 202 g/mol. The maximum absolute atomic E-state index is 13.1. The van der Waals surface area contributed by atoms with Crippen molar-refractivity contribution in [2.24, 2.45) is 5.73 Å². The molecule has 0 aromatic heterocycles. The van der Waals surface area contributed by atoms with E-state index in [0.29, 0.717) is 12.1 Å². The summed E-state index contributed by atoms with van der Waals surface area (Å²) in [5, 5.41) is 10.2. The zero-order valence-corrected chi connectivity index (χ0v) is 6.66. The van der Waals surface area contributed by atoms with E-state index in [9.17, 15) is 23.7 Å². The van der Waals surface area contributed by atoms with Crippen molar-refractivity contribution < 1.29 is 18.5 Å². The van der Waals surface area contributed by atoms with Gasteiger partial charge in [0, 0.05) is 6.07 Å². The predicted octanol–water partition coefficient (Wildman–Crippen LogP) is 0.972. The number of rotatable bonds is 2. The van der Waals surface area contributed by atoms with Crippen LogP contribution in [0.2, 0.25) is 0 Å². The second-order valence-corrected chi connectivity index (χ2v) is 2.38. The van der Waals surface area contributed by atoms with Gasteiger partial charge in [-0.15, -0.1) is 0 Å². The fraction of sp³-hybridized carbons (Fsp3) is 0. The van der Waals surface area contributed by atoms with E-state index in [1.165, 1.54) is 0 Å². The number of halogens is 2. The van der Waals surface area contributed by atoms with Crippen LogP contribution in [0.25, 0.3) is 0 Å². The molecule has 1 rings (SSSR count). The van der Waals surface area contributed by atoms with Gasteiger partial charge in [0.1, 0.15) is 11.4 Å². The SMILES string of the molecule is NC(=O)c1c(F)ccc([N+](=O)[O-])c1F. The zero-order chi connectivity index (χ0) is 10.9. The first kappa shape index (κ1) is 10.0. The van der Waals surface area contributed by atoms with Crippen LogP contribution in [0.1, 0.15) is 10.4 Å². The summed E-state index contributed by atoms with van der Waals surface area (Å²) in [6, 6.07) is 1.23. The third-order valence-corrected chi connectivity index (χ3v) is 1.51. The Morgan fingerprint density at radius 2 is 2.00 bits per heavy atom. The molecule has 5 nitrogen and oxygen atoms in total. The van der Waals surface area contributed by atoms with Gasteiger partial charge in [-0.05, 0) is 6.07 Å². The third kappa shape index (κ3) is 1.51. The van der Waals surface area contributed by atoms with Gasteiger partial charge in [0.05, 0.1) is 4.92 Å². The molecule has 0 unspecified atom stereocenters. The molecule has 0 spiro atoms. The highest BCUT2D eigenvalue weighted by Crippen LogP contribution is 2.22. The van der Waals surface area contributed by atoms with Crippen LogP contribution in [0.3, 0.4) is 0 Å². The van der Waals surface area contributed by atoms with Crippen molar-refractivity contribution in [2.45, 2.75) is 0 Å². The van der Waals surface area contributed by atoms with Crippen molar-refractivity contribution in [2.75, 3.05) is 0 Å². The van der Waals surface area contributed by atoms with E-state index in [1.54, 1.807) is 0 Å². The minimum absolute atomic E-state index is 0.612. The van der Waals surface area contributed by atoms with Crippen molar-refractivity contribution in [3.05, 3.63) is 39.4 Å². The Kier molecular flexibility index (Phi) is 2.41. The summed E-state index contributed by atoms with van der Waals surface area (Å²) in [7, 11) is 0. The number of carbonyl (C=O) groups is 1. The van der Waals surface area contributed by atoms with Gasteiger partial charge >= 0.3 is 5.69 Å². The molecular weight excluding hydrogens is 198 g/mol. The summed E-state index contributed by atoms with van der Waals surface area (Å²) in [6.45, 7) is 0. The van der Waals surface area contributed by atoms with E-state index in [2.05, 4.69) is 5.73 Å². The molecule has 0 aliphatic carbocycles. The molecule has 1 aromatic rings. The molecule has 1 aromatic carbocycles. The van der Waals surface area contributed by atoms with Crippen LogP contribution >= 0.6 is 0 Å². The van der Waals surface area contributed by atoms with Gasteiger partial charge in [0.25, 0.3) is 5.91 Å². The third-order valence-electron chi connectivity index (χ3n) is 1.51. The Morgan fingerprint density at radius 3 is 2.43 bits per heavy atom. The van der Waals surface area contributed by atoms with Crippen LogP contribution in [-0.2, 0) is 0 Å². The summed E-state index contributed by atoms with van der Waals surface area (Å²) >= 11 is 0. The number of nitrogens with zero attached hydrogens (tertiary/aromatic N) is 1. The Bertz CT molecular complexity index is 420. The summed E-state index contributed by atoms with van der Waals surface area (Å²) in [4.78, 5) is 19.7. The van der Waals surface area contributed by atoms with Crippen LogP contribution in [0.5, 0.6) is 0 Å². The number of amides is 1. The van der Waals surface area contributed by atoms with Gasteiger partial charge in [-0.1, -0.05) is 0 Å². The highest BCUT2D eigenvalue weighted by Gasteiger charge is 2.24. The quantitative estimate of drug-likeness (QED) is 0.572. The molecule has 0 atom stereocenters. The number of hydrogen-bond donors (Lipinski definition) is 1. The normalized spacial score (nSPS) is 9.86. The predicted molar refractivity (Wildman–Crippen MR) is 41.5 cm³/mol. The zero-order valence-electron chi connectivity index (χ0n) is 6.66. The molecule has 0 saturated heterocycles. The van der Waals surface area contributed by atoms with Crippen molar-refractivity contribution in [1.82, 2.24) is 0 Å². The summed E-state index contributed by atoms with van der Waals surface area (Å²) in [5.74, 6) is -4.16. The number of nitrogens with two attached hydrogens (primary N) is 1. The van der Waals surface area contributed by atoms with Crippen molar-refractivity contribution >= 4 is 11.6 Å². The summed E-state index contributed by atoms with van der Waals surface area (Å²) < 4.78 is 25.8. The Balaban J connectivity index is 3.49. The maximum Gasteiger partial charge on any atom is 0.305 e. The molecule has 0 aliphatic heterocycles. The maximum atomic E-state index is 13.1. The van der Waals surface area contributed by atoms with E-state index < -0.39 is 33.7 Å². The van der Waals surface area contributed by atoms with Crippen LogP contribution in [-0.4, -0.2) is 10.8 Å². The van der Waals surface area contributed by atoms with Crippen molar-refractivity contribution in [3.63, 3.8) is 0 Å². The van der Waals surface area contributed by atoms with E-state index in [-0.39, 0.29) is 0 Å². The minimum atomic E-state index is -1.55. The molecule has 0 saturated carbocycles. The Morgan fingerprint density at radius 1 is 1.43 bits per heavy atom. The lowest BCUT2D eigenvalue weighted by Gasteiger charge is -2.00. The second-order valence-electron chi connectivity index (χ2n) is 2.38. The van der Waals surface area contributed by atoms with E-state index in [4.69, 9.17) is 0 Å². The standard InChI is InChI=1S/C7H4F2N2O3/c8-3-1-2-4(11(13)14)6(9)5(3)7(10)12/h1-2H,(H2,10,12). The fourth-order valence-corrected chi connectivity index (χ4v) is 0.908. The molecule has 1 amide bonds. The van der Waals surface area contributed by atoms with Crippen LogP contribution < -0.4 is 5.73 Å². The van der Waals surface area contributed by atoms with Crippen molar-refractivity contribution in [1.29, 1.82) is 0 Å². The van der Waals surface area contributed by atoms with Gasteiger partial charge in [-0.3, -0.25) is 14.9 Å². The molecule has 0 heterocycles. The van der Waals surface area contributed by atoms with Gasteiger partial charge < -0.3 is 5.73 Å². The number of primary amides is 1. The molecule has 7 heteroatoms. The van der Waals surface area contributed by atoms with Gasteiger partial charge in [0.2, 0.25) is 5.82 Å². The molecule has 0 radical (unpaired) electrons. The molecule has 74 valence electrons. The highest BCUT2D eigenvalue weighted by atomic mass is 19.1. The smallest absolute Gasteiger partial charge is 0.305 e. The van der Waals surface area contributed by atoms with Crippen molar-refractivity contribution in [3.8, 4) is 0 Å². The van der Waals surface area contributed by atoms with Gasteiger partial charge in [-0.2, -0.15) is 4.39 Å². The molecular formula is C7H4F2N2O3. The first-order valence-corrected chi connectivity index (χ1v) is 3.37. The molecule has 0 bridgehead atoms. The fourth-order valence-electron chi connectivity index (χ4n) is 0.908. The first-order valence-electron chi connectivity index (χ1n) is 3.37. The van der Waals surface area contributed by atoms with Crippen LogP contribution in [0.4, 0.5) is 14.5 Å². The summed E-state index contributed by atoms with van der Waals surface area (Å²) in [5.41, 5.74) is 2.56. The molecule has 0 aliphatic rings. The average Bonchev–Trinajstić information content (AvgIpc) is 2.02. The summed E-state index contributed by atoms with van der Waals surface area (Å²) in [6.07, 6.45) is 0. The van der Waals surface area contributed by atoms with E-state index >= 15 is 0 Å². The minimum Gasteiger partial charge on any atom is -0.365 e. The van der Waals surface area contributed by atoms with Gasteiger partial charge in [0.15, 0.2) is 0 Å². The van der Waals surface area contributed by atoms with Gasteiger partial charge in [-0.25, -0.2) is 4.39 Å². The highest BCUT2D eigenvalue weighted by molar-refractivity contribution is 5.94. The number of carbonyl (C=O) groups excluding carboxylic acids is 1. The Hall–Kier alpha value is -2.05. The largest absolute Gasteiger partial charge is 0.365 e. The second kappa shape index (κ2) is 3.36. The molecule has 2 N–H and O–H groups in total. The number of nitro benzene ring substituents is 1. The lowest BCUT2D eigenvalue weighted by atomic mass is 10.1.